The monoisotopic (exact) mass is 390 g/mol. The van der Waals surface area contributed by atoms with Crippen LogP contribution in [0.5, 0.6) is 0 Å². The maximum absolute atomic E-state index is 12.5. The number of thiophene rings is 1. The third kappa shape index (κ3) is 3.94. The highest BCUT2D eigenvalue weighted by Gasteiger charge is 2.22. The second-order valence-corrected chi connectivity index (χ2v) is 7.41. The Morgan fingerprint density at radius 1 is 1.14 bits per heavy atom. The predicted octanol–water partition coefficient (Wildman–Crippen LogP) is 4.89. The van der Waals surface area contributed by atoms with Gasteiger partial charge in [-0.15, -0.1) is 11.3 Å². The van der Waals surface area contributed by atoms with Gasteiger partial charge < -0.3 is 15.1 Å². The lowest BCUT2D eigenvalue weighted by Crippen LogP contribution is -2.17. The Balaban J connectivity index is 1.71. The van der Waals surface area contributed by atoms with E-state index in [1.165, 1.54) is 17.6 Å². The summed E-state index contributed by atoms with van der Waals surface area (Å²) >= 11 is 1.52. The molecule has 0 saturated heterocycles. The van der Waals surface area contributed by atoms with E-state index in [4.69, 9.17) is 4.42 Å². The minimum atomic E-state index is -0.282. The number of carbonyl (C=O) groups excluding carboxylic acids is 1. The first-order valence-corrected chi connectivity index (χ1v) is 9.55. The van der Waals surface area contributed by atoms with Gasteiger partial charge in [0.25, 0.3) is 5.91 Å². The van der Waals surface area contributed by atoms with Crippen LogP contribution in [0.2, 0.25) is 0 Å². The Kier molecular flexibility index (Phi) is 5.16. The zero-order valence-corrected chi connectivity index (χ0v) is 15.9. The van der Waals surface area contributed by atoms with Crippen molar-refractivity contribution in [2.75, 3.05) is 10.6 Å². The molecular formula is C21H18N4O2S. The van der Waals surface area contributed by atoms with E-state index in [9.17, 15) is 4.79 Å². The first kappa shape index (κ1) is 17.9. The average molecular weight is 390 g/mol. The number of nitrogens with one attached hydrogen (secondary N) is 2. The molecule has 2 N–H and O–H groups in total. The number of rotatable bonds is 6. The van der Waals surface area contributed by atoms with Crippen molar-refractivity contribution in [1.82, 2.24) is 9.97 Å². The highest BCUT2D eigenvalue weighted by molar-refractivity contribution is 7.16. The number of hydrogen-bond acceptors (Lipinski definition) is 6. The summed E-state index contributed by atoms with van der Waals surface area (Å²) in [6.07, 6.45) is 6.77. The third-order valence-corrected chi connectivity index (χ3v) is 5.12. The van der Waals surface area contributed by atoms with Crippen LogP contribution < -0.4 is 10.6 Å². The van der Waals surface area contributed by atoms with Crippen molar-refractivity contribution >= 4 is 28.1 Å². The Morgan fingerprint density at radius 2 is 2.07 bits per heavy atom. The van der Waals surface area contributed by atoms with E-state index in [0.717, 1.165) is 26.8 Å². The summed E-state index contributed by atoms with van der Waals surface area (Å²) in [6, 6.07) is 14.8. The van der Waals surface area contributed by atoms with Gasteiger partial charge in [0, 0.05) is 29.0 Å². The van der Waals surface area contributed by atoms with Crippen LogP contribution in [0.15, 0.2) is 77.8 Å². The molecule has 0 aromatic carbocycles. The fraction of sp³-hybridized carbons (Fsp3) is 0.0952. The largest absolute Gasteiger partial charge is 0.459 e. The summed E-state index contributed by atoms with van der Waals surface area (Å²) in [6.45, 7) is 2.01. The van der Waals surface area contributed by atoms with Gasteiger partial charge in [-0.3, -0.25) is 9.78 Å². The van der Waals surface area contributed by atoms with Crippen molar-refractivity contribution < 1.29 is 9.21 Å². The van der Waals surface area contributed by atoms with E-state index in [0.29, 0.717) is 0 Å². The minimum absolute atomic E-state index is 0.222. The summed E-state index contributed by atoms with van der Waals surface area (Å²) in [5, 5.41) is 7.19. The van der Waals surface area contributed by atoms with Crippen LogP contribution in [0.25, 0.3) is 0 Å². The van der Waals surface area contributed by atoms with Crippen LogP contribution in [-0.4, -0.2) is 15.9 Å². The number of amides is 1. The Morgan fingerprint density at radius 3 is 2.79 bits per heavy atom. The molecule has 0 spiro atoms. The number of furan rings is 1. The third-order valence-electron chi connectivity index (χ3n) is 4.14. The molecule has 4 rings (SSSR count). The molecule has 0 radical (unpaired) electrons. The molecule has 4 heterocycles. The maximum atomic E-state index is 12.5. The standard InChI is InChI=1S/C21H18N4O2S/c1-14-12-16(21(28-14)25-20(26)17-7-5-11-27-17)19(15-6-4-9-22-13-15)24-18-8-2-3-10-23-18/h2-13,19H,1H3,(H,23,24)(H,25,26)/t19-/m0/s1. The first-order chi connectivity index (χ1) is 13.7. The van der Waals surface area contributed by atoms with E-state index in [1.54, 1.807) is 24.5 Å². The van der Waals surface area contributed by atoms with Crippen LogP contribution in [0, 0.1) is 6.92 Å². The Hall–Kier alpha value is -3.45. The molecule has 0 unspecified atom stereocenters. The normalized spacial score (nSPS) is 11.8. The Bertz CT molecular complexity index is 1050. The van der Waals surface area contributed by atoms with Crippen molar-refractivity contribution in [2.24, 2.45) is 0 Å². The topological polar surface area (TPSA) is 80.0 Å². The average Bonchev–Trinajstić information content (AvgIpc) is 3.38. The fourth-order valence-electron chi connectivity index (χ4n) is 2.90. The summed E-state index contributed by atoms with van der Waals surface area (Å²) in [4.78, 5) is 22.2. The molecule has 1 atom stereocenters. The molecule has 0 fully saturated rings. The summed E-state index contributed by atoms with van der Waals surface area (Å²) in [5.74, 6) is 0.729. The van der Waals surface area contributed by atoms with Gasteiger partial charge in [-0.05, 0) is 48.9 Å². The van der Waals surface area contributed by atoms with Gasteiger partial charge >= 0.3 is 0 Å². The number of pyridine rings is 2. The second-order valence-electron chi connectivity index (χ2n) is 6.15. The quantitative estimate of drug-likeness (QED) is 0.490. The molecule has 0 bridgehead atoms. The van der Waals surface area contributed by atoms with Gasteiger partial charge in [-0.2, -0.15) is 0 Å². The lowest BCUT2D eigenvalue weighted by molar-refractivity contribution is 0.0997. The van der Waals surface area contributed by atoms with Gasteiger partial charge in [-0.1, -0.05) is 12.1 Å². The molecule has 0 saturated carbocycles. The van der Waals surface area contributed by atoms with Crippen molar-refractivity contribution in [1.29, 1.82) is 0 Å². The molecule has 28 heavy (non-hydrogen) atoms. The SMILES string of the molecule is Cc1cc([C@@H](Nc2ccccn2)c2cccnc2)c(NC(=O)c2ccco2)s1. The van der Waals surface area contributed by atoms with Crippen molar-refractivity contribution in [3.63, 3.8) is 0 Å². The lowest BCUT2D eigenvalue weighted by atomic mass is 10.0. The van der Waals surface area contributed by atoms with Crippen LogP contribution in [0.1, 0.15) is 32.6 Å². The van der Waals surface area contributed by atoms with Crippen LogP contribution in [-0.2, 0) is 0 Å². The molecule has 0 aliphatic carbocycles. The van der Waals surface area contributed by atoms with Crippen molar-refractivity contribution in [3.05, 3.63) is 95.1 Å². The van der Waals surface area contributed by atoms with Crippen LogP contribution in [0.3, 0.4) is 0 Å². The Labute approximate surface area is 166 Å². The number of aromatic nitrogens is 2. The second kappa shape index (κ2) is 8.06. The fourth-order valence-corrected chi connectivity index (χ4v) is 3.85. The first-order valence-electron chi connectivity index (χ1n) is 8.73. The van der Waals surface area contributed by atoms with Crippen molar-refractivity contribution in [2.45, 2.75) is 13.0 Å². The molecular weight excluding hydrogens is 372 g/mol. The van der Waals surface area contributed by atoms with Gasteiger partial charge in [0.2, 0.25) is 0 Å². The summed E-state index contributed by atoms with van der Waals surface area (Å²) in [7, 11) is 0. The van der Waals surface area contributed by atoms with Gasteiger partial charge in [0.05, 0.1) is 12.3 Å². The van der Waals surface area contributed by atoms with Gasteiger partial charge in [0.15, 0.2) is 5.76 Å². The highest BCUT2D eigenvalue weighted by atomic mass is 32.1. The molecule has 6 nitrogen and oxygen atoms in total. The molecule has 0 aliphatic heterocycles. The zero-order chi connectivity index (χ0) is 19.3. The molecule has 4 aromatic heterocycles. The van der Waals surface area contributed by atoms with Crippen LogP contribution >= 0.6 is 11.3 Å². The number of nitrogens with zero attached hydrogens (tertiary/aromatic N) is 2. The molecule has 0 aliphatic rings. The van der Waals surface area contributed by atoms with Gasteiger partial charge in [0.1, 0.15) is 10.8 Å². The number of aryl methyl sites for hydroxylation is 1. The molecule has 4 aromatic rings. The van der Waals surface area contributed by atoms with E-state index >= 15 is 0 Å². The lowest BCUT2D eigenvalue weighted by Gasteiger charge is -2.20. The molecule has 7 heteroatoms. The number of anilines is 2. The van der Waals surface area contributed by atoms with Crippen LogP contribution in [0.4, 0.5) is 10.8 Å². The molecule has 1 amide bonds. The smallest absolute Gasteiger partial charge is 0.291 e. The van der Waals surface area contributed by atoms with E-state index in [-0.39, 0.29) is 17.7 Å². The number of hydrogen-bond donors (Lipinski definition) is 2. The summed E-state index contributed by atoms with van der Waals surface area (Å²) < 4.78 is 5.21. The predicted molar refractivity (Wildman–Crippen MR) is 110 cm³/mol. The zero-order valence-electron chi connectivity index (χ0n) is 15.1. The minimum Gasteiger partial charge on any atom is -0.459 e. The highest BCUT2D eigenvalue weighted by Crippen LogP contribution is 2.37. The maximum Gasteiger partial charge on any atom is 0.291 e. The summed E-state index contributed by atoms with van der Waals surface area (Å²) in [5.41, 5.74) is 1.92. The van der Waals surface area contributed by atoms with E-state index < -0.39 is 0 Å². The molecule has 140 valence electrons. The van der Waals surface area contributed by atoms with E-state index in [2.05, 4.69) is 26.7 Å². The van der Waals surface area contributed by atoms with Gasteiger partial charge in [-0.25, -0.2) is 4.98 Å². The number of carbonyl (C=O) groups is 1. The van der Waals surface area contributed by atoms with E-state index in [1.807, 2.05) is 43.5 Å². The van der Waals surface area contributed by atoms with Crippen molar-refractivity contribution in [3.8, 4) is 0 Å².